The maximum Gasteiger partial charge on any atom is 0.248 e. The summed E-state index contributed by atoms with van der Waals surface area (Å²) in [6.45, 7) is 2.91. The lowest BCUT2D eigenvalue weighted by atomic mass is 9.77. The van der Waals surface area contributed by atoms with Crippen LogP contribution in [-0.2, 0) is 4.74 Å². The van der Waals surface area contributed by atoms with E-state index in [2.05, 4.69) is 12.2 Å². The van der Waals surface area contributed by atoms with Gasteiger partial charge in [0, 0.05) is 32.6 Å². The van der Waals surface area contributed by atoms with Crippen LogP contribution >= 0.6 is 0 Å². The molecule has 1 fully saturated rings. The molecular formula is C13H25F2NO. The summed E-state index contributed by atoms with van der Waals surface area (Å²) in [7, 11) is 3.63. The highest BCUT2D eigenvalue weighted by atomic mass is 19.3. The number of nitrogens with one attached hydrogen (secondary N) is 1. The second-order valence-corrected chi connectivity index (χ2v) is 5.27. The van der Waals surface area contributed by atoms with Gasteiger partial charge in [0.15, 0.2) is 0 Å². The molecule has 0 spiro atoms. The van der Waals surface area contributed by atoms with Crippen LogP contribution in [0.5, 0.6) is 0 Å². The highest BCUT2D eigenvalue weighted by molar-refractivity contribution is 4.86. The van der Waals surface area contributed by atoms with Gasteiger partial charge in [-0.2, -0.15) is 0 Å². The SMILES string of the molecule is CNC(C(C)CCOC)C1CCC(F)(F)CC1. The molecule has 1 saturated carbocycles. The predicted octanol–water partition coefficient (Wildman–Crippen LogP) is 3.07. The standard InChI is InChI=1S/C13H25F2NO/c1-10(6-9-17-3)12(16-2)11-4-7-13(14,15)8-5-11/h10-12,16H,4-9H2,1-3H3. The van der Waals surface area contributed by atoms with Gasteiger partial charge in [-0.1, -0.05) is 6.92 Å². The van der Waals surface area contributed by atoms with Gasteiger partial charge >= 0.3 is 0 Å². The van der Waals surface area contributed by atoms with Crippen LogP contribution in [0.2, 0.25) is 0 Å². The molecule has 0 aromatic carbocycles. The Morgan fingerprint density at radius 2 is 1.94 bits per heavy atom. The Hall–Kier alpha value is -0.220. The van der Waals surface area contributed by atoms with Gasteiger partial charge in [-0.25, -0.2) is 8.78 Å². The van der Waals surface area contributed by atoms with Gasteiger partial charge in [-0.15, -0.1) is 0 Å². The average Bonchev–Trinajstić information content (AvgIpc) is 2.29. The lowest BCUT2D eigenvalue weighted by Gasteiger charge is -2.36. The molecule has 0 aliphatic heterocycles. The fourth-order valence-corrected chi connectivity index (χ4v) is 2.89. The van der Waals surface area contributed by atoms with Gasteiger partial charge in [-0.3, -0.25) is 0 Å². The first kappa shape index (κ1) is 14.8. The number of methoxy groups -OCH3 is 1. The quantitative estimate of drug-likeness (QED) is 0.781. The lowest BCUT2D eigenvalue weighted by Crippen LogP contribution is -2.42. The minimum atomic E-state index is -2.43. The summed E-state index contributed by atoms with van der Waals surface area (Å²) in [5, 5.41) is 3.31. The summed E-state index contributed by atoms with van der Waals surface area (Å²) in [6.07, 6.45) is 2.35. The third-order valence-corrected chi connectivity index (χ3v) is 3.99. The lowest BCUT2D eigenvalue weighted by molar-refractivity contribution is -0.0518. The Morgan fingerprint density at radius 3 is 2.41 bits per heavy atom. The Morgan fingerprint density at radius 1 is 1.35 bits per heavy atom. The van der Waals surface area contributed by atoms with E-state index in [0.29, 0.717) is 30.7 Å². The van der Waals surface area contributed by atoms with E-state index in [4.69, 9.17) is 4.74 Å². The van der Waals surface area contributed by atoms with Crippen molar-refractivity contribution in [3.63, 3.8) is 0 Å². The first-order chi connectivity index (χ1) is 8.00. The number of alkyl halides is 2. The molecule has 2 nitrogen and oxygen atoms in total. The molecule has 1 aliphatic carbocycles. The van der Waals surface area contributed by atoms with Crippen molar-refractivity contribution in [2.45, 2.75) is 51.0 Å². The largest absolute Gasteiger partial charge is 0.385 e. The number of halogens is 2. The summed E-state index contributed by atoms with van der Waals surface area (Å²) >= 11 is 0. The van der Waals surface area contributed by atoms with Crippen molar-refractivity contribution in [2.24, 2.45) is 11.8 Å². The molecule has 0 bridgehead atoms. The topological polar surface area (TPSA) is 21.3 Å². The first-order valence-electron chi connectivity index (χ1n) is 6.54. The van der Waals surface area contributed by atoms with Crippen LogP contribution in [0.3, 0.4) is 0 Å². The van der Waals surface area contributed by atoms with E-state index >= 15 is 0 Å². The minimum Gasteiger partial charge on any atom is -0.385 e. The van der Waals surface area contributed by atoms with Crippen LogP contribution in [0.25, 0.3) is 0 Å². The zero-order valence-corrected chi connectivity index (χ0v) is 11.1. The van der Waals surface area contributed by atoms with Gasteiger partial charge in [0.05, 0.1) is 0 Å². The van der Waals surface area contributed by atoms with Gasteiger partial charge < -0.3 is 10.1 Å². The highest BCUT2D eigenvalue weighted by Crippen LogP contribution is 2.38. The number of ether oxygens (including phenoxy) is 1. The fourth-order valence-electron chi connectivity index (χ4n) is 2.89. The van der Waals surface area contributed by atoms with E-state index in [1.807, 2.05) is 7.05 Å². The van der Waals surface area contributed by atoms with Crippen LogP contribution in [0.4, 0.5) is 8.78 Å². The molecule has 102 valence electrons. The third-order valence-electron chi connectivity index (χ3n) is 3.99. The smallest absolute Gasteiger partial charge is 0.248 e. The predicted molar refractivity (Wildman–Crippen MR) is 65.4 cm³/mol. The summed E-state index contributed by atoms with van der Waals surface area (Å²) in [5.41, 5.74) is 0. The molecule has 1 N–H and O–H groups in total. The number of rotatable bonds is 6. The Bertz CT molecular complexity index is 213. The second kappa shape index (κ2) is 6.64. The fraction of sp³-hybridized carbons (Fsp3) is 1.00. The number of hydrogen-bond donors (Lipinski definition) is 1. The molecule has 0 aromatic rings. The average molecular weight is 249 g/mol. The van der Waals surface area contributed by atoms with E-state index in [-0.39, 0.29) is 12.8 Å². The molecule has 4 heteroatoms. The van der Waals surface area contributed by atoms with Crippen LogP contribution in [0, 0.1) is 11.8 Å². The zero-order valence-electron chi connectivity index (χ0n) is 11.1. The van der Waals surface area contributed by atoms with Crippen molar-refractivity contribution >= 4 is 0 Å². The Balaban J connectivity index is 2.45. The number of hydrogen-bond acceptors (Lipinski definition) is 2. The molecule has 2 unspecified atom stereocenters. The van der Waals surface area contributed by atoms with Gasteiger partial charge in [-0.05, 0) is 38.1 Å². The van der Waals surface area contributed by atoms with Crippen molar-refractivity contribution in [1.82, 2.24) is 5.32 Å². The highest BCUT2D eigenvalue weighted by Gasteiger charge is 2.38. The monoisotopic (exact) mass is 249 g/mol. The molecule has 0 amide bonds. The maximum atomic E-state index is 13.1. The van der Waals surface area contributed by atoms with Crippen LogP contribution in [0.15, 0.2) is 0 Å². The van der Waals surface area contributed by atoms with Crippen LogP contribution in [-0.4, -0.2) is 32.7 Å². The molecule has 1 rings (SSSR count). The first-order valence-corrected chi connectivity index (χ1v) is 6.54. The zero-order chi connectivity index (χ0) is 12.9. The Labute approximate surface area is 103 Å². The van der Waals surface area contributed by atoms with E-state index in [1.54, 1.807) is 7.11 Å². The van der Waals surface area contributed by atoms with Crippen molar-refractivity contribution in [2.75, 3.05) is 20.8 Å². The van der Waals surface area contributed by atoms with Crippen molar-refractivity contribution in [3.8, 4) is 0 Å². The van der Waals surface area contributed by atoms with Gasteiger partial charge in [0.1, 0.15) is 0 Å². The second-order valence-electron chi connectivity index (χ2n) is 5.27. The van der Waals surface area contributed by atoms with Gasteiger partial charge in [0.2, 0.25) is 5.92 Å². The molecule has 2 atom stereocenters. The van der Waals surface area contributed by atoms with Gasteiger partial charge in [0.25, 0.3) is 0 Å². The Kier molecular flexibility index (Phi) is 5.80. The third kappa shape index (κ3) is 4.51. The molecule has 1 aliphatic rings. The molecule has 0 radical (unpaired) electrons. The molecule has 0 heterocycles. The molecule has 0 aromatic heterocycles. The minimum absolute atomic E-state index is 0.0485. The van der Waals surface area contributed by atoms with Crippen LogP contribution in [0.1, 0.15) is 39.0 Å². The maximum absolute atomic E-state index is 13.1. The van der Waals surface area contributed by atoms with Crippen molar-refractivity contribution in [3.05, 3.63) is 0 Å². The molecule has 17 heavy (non-hydrogen) atoms. The summed E-state index contributed by atoms with van der Waals surface area (Å²) in [4.78, 5) is 0. The molecule has 0 saturated heterocycles. The van der Waals surface area contributed by atoms with Crippen LogP contribution < -0.4 is 5.32 Å². The van der Waals surface area contributed by atoms with E-state index < -0.39 is 5.92 Å². The summed E-state index contributed by atoms with van der Waals surface area (Å²) in [5.74, 6) is -1.58. The molecular weight excluding hydrogens is 224 g/mol. The van der Waals surface area contributed by atoms with Crippen molar-refractivity contribution < 1.29 is 13.5 Å². The van der Waals surface area contributed by atoms with E-state index in [0.717, 1.165) is 13.0 Å². The van der Waals surface area contributed by atoms with E-state index in [9.17, 15) is 8.78 Å². The van der Waals surface area contributed by atoms with E-state index in [1.165, 1.54) is 0 Å². The normalized spacial score (nSPS) is 24.5. The summed E-state index contributed by atoms with van der Waals surface area (Å²) < 4.78 is 31.3. The van der Waals surface area contributed by atoms with Crippen molar-refractivity contribution in [1.29, 1.82) is 0 Å². The summed E-state index contributed by atoms with van der Waals surface area (Å²) in [6, 6.07) is 0.334.